The van der Waals surface area contributed by atoms with Crippen LogP contribution in [-0.4, -0.2) is 0 Å². The predicted octanol–water partition coefficient (Wildman–Crippen LogP) is 3.64. The number of nitrogens with two attached hydrogens (primary N) is 1. The zero-order chi connectivity index (χ0) is 13.8. The first-order valence-electron chi connectivity index (χ1n) is 6.07. The van der Waals surface area contributed by atoms with E-state index in [2.05, 4.69) is 27.4 Å². The zero-order valence-corrected chi connectivity index (χ0v) is 12.2. The molecule has 0 aliphatic rings. The van der Waals surface area contributed by atoms with Gasteiger partial charge in [0.1, 0.15) is 5.82 Å². The number of nitrogens with one attached hydrogen (secondary N) is 1. The number of halogens is 2. The fourth-order valence-corrected chi connectivity index (χ4v) is 2.50. The van der Waals surface area contributed by atoms with E-state index in [1.165, 1.54) is 5.56 Å². The van der Waals surface area contributed by atoms with Crippen LogP contribution in [0.25, 0.3) is 0 Å². The minimum Gasteiger partial charge on any atom is -0.271 e. The Morgan fingerprint density at radius 2 is 2.00 bits per heavy atom. The zero-order valence-electron chi connectivity index (χ0n) is 10.7. The lowest BCUT2D eigenvalue weighted by Gasteiger charge is -2.18. The van der Waals surface area contributed by atoms with E-state index >= 15 is 0 Å². The fraction of sp³-hybridized carbons (Fsp3) is 0.200. The van der Waals surface area contributed by atoms with E-state index in [9.17, 15) is 4.39 Å². The van der Waals surface area contributed by atoms with Gasteiger partial charge in [-0.2, -0.15) is 0 Å². The monoisotopic (exact) mass is 322 g/mol. The predicted molar refractivity (Wildman–Crippen MR) is 79.0 cm³/mol. The Kier molecular flexibility index (Phi) is 4.69. The first-order valence-corrected chi connectivity index (χ1v) is 6.86. The van der Waals surface area contributed by atoms with Gasteiger partial charge in [0, 0.05) is 5.56 Å². The Morgan fingerprint density at radius 1 is 1.26 bits per heavy atom. The Balaban J connectivity index is 2.28. The molecule has 0 saturated heterocycles. The van der Waals surface area contributed by atoms with Crippen LogP contribution in [0.5, 0.6) is 0 Å². The van der Waals surface area contributed by atoms with E-state index in [1.54, 1.807) is 12.1 Å². The van der Waals surface area contributed by atoms with E-state index in [1.807, 2.05) is 31.2 Å². The molecule has 0 spiro atoms. The maximum absolute atomic E-state index is 14.1. The van der Waals surface area contributed by atoms with Gasteiger partial charge in [0.2, 0.25) is 0 Å². The van der Waals surface area contributed by atoms with Crippen molar-refractivity contribution in [2.24, 2.45) is 5.84 Å². The highest BCUT2D eigenvalue weighted by atomic mass is 79.9. The van der Waals surface area contributed by atoms with Gasteiger partial charge in [0.15, 0.2) is 0 Å². The Hall–Kier alpha value is -1.23. The summed E-state index contributed by atoms with van der Waals surface area (Å²) >= 11 is 3.20. The van der Waals surface area contributed by atoms with Gasteiger partial charge >= 0.3 is 0 Å². The smallest absolute Gasteiger partial charge is 0.142 e. The van der Waals surface area contributed by atoms with Gasteiger partial charge in [0.25, 0.3) is 0 Å². The van der Waals surface area contributed by atoms with Crippen molar-refractivity contribution < 1.29 is 4.39 Å². The lowest BCUT2D eigenvalue weighted by Crippen LogP contribution is -2.30. The summed E-state index contributed by atoms with van der Waals surface area (Å²) in [6.45, 7) is 2.04. The van der Waals surface area contributed by atoms with E-state index in [4.69, 9.17) is 5.84 Å². The average Bonchev–Trinajstić information content (AvgIpc) is 2.40. The lowest BCUT2D eigenvalue weighted by atomic mass is 9.98. The normalized spacial score (nSPS) is 12.4. The summed E-state index contributed by atoms with van der Waals surface area (Å²) in [5.41, 5.74) is 5.57. The number of hydrazine groups is 1. The van der Waals surface area contributed by atoms with Crippen molar-refractivity contribution in [3.05, 3.63) is 69.4 Å². The SMILES string of the molecule is Cc1cccc(CC(NN)c2cccc(Br)c2F)c1. The summed E-state index contributed by atoms with van der Waals surface area (Å²) in [4.78, 5) is 0. The molecule has 2 aromatic carbocycles. The fourth-order valence-electron chi connectivity index (χ4n) is 2.12. The number of hydrogen-bond donors (Lipinski definition) is 2. The standard InChI is InChI=1S/C15H16BrFN2/c1-10-4-2-5-11(8-10)9-14(19-18)12-6-3-7-13(16)15(12)17/h2-8,14,19H,9,18H2,1H3. The summed E-state index contributed by atoms with van der Waals surface area (Å²) in [6, 6.07) is 13.1. The molecule has 0 bridgehead atoms. The quantitative estimate of drug-likeness (QED) is 0.666. The highest BCUT2D eigenvalue weighted by molar-refractivity contribution is 9.10. The van der Waals surface area contributed by atoms with Gasteiger partial charge in [0.05, 0.1) is 10.5 Å². The van der Waals surface area contributed by atoms with Crippen LogP contribution in [0.4, 0.5) is 4.39 Å². The van der Waals surface area contributed by atoms with Crippen LogP contribution in [0.2, 0.25) is 0 Å². The third-order valence-corrected chi connectivity index (χ3v) is 3.69. The molecule has 0 fully saturated rings. The number of benzene rings is 2. The maximum atomic E-state index is 14.1. The van der Waals surface area contributed by atoms with Crippen molar-refractivity contribution in [3.63, 3.8) is 0 Å². The molecule has 2 rings (SSSR count). The molecule has 0 aliphatic heterocycles. The van der Waals surface area contributed by atoms with Crippen molar-refractivity contribution >= 4 is 15.9 Å². The van der Waals surface area contributed by atoms with E-state index in [0.717, 1.165) is 5.56 Å². The highest BCUT2D eigenvalue weighted by Crippen LogP contribution is 2.25. The molecule has 19 heavy (non-hydrogen) atoms. The second-order valence-electron chi connectivity index (χ2n) is 4.56. The summed E-state index contributed by atoms with van der Waals surface area (Å²) in [6.07, 6.45) is 0.644. The van der Waals surface area contributed by atoms with Gasteiger partial charge < -0.3 is 0 Å². The highest BCUT2D eigenvalue weighted by Gasteiger charge is 2.16. The molecule has 0 amide bonds. The Labute approximate surface area is 120 Å². The Bertz CT molecular complexity index is 572. The van der Waals surface area contributed by atoms with Crippen LogP contribution < -0.4 is 11.3 Å². The molecule has 0 radical (unpaired) electrons. The van der Waals surface area contributed by atoms with E-state index in [-0.39, 0.29) is 11.9 Å². The minimum atomic E-state index is -0.266. The first kappa shape index (κ1) is 14.2. The van der Waals surface area contributed by atoms with Gasteiger partial charge in [-0.15, -0.1) is 0 Å². The molecule has 0 saturated carbocycles. The van der Waals surface area contributed by atoms with Gasteiger partial charge in [-0.05, 0) is 40.9 Å². The molecule has 2 aromatic rings. The van der Waals surface area contributed by atoms with Crippen LogP contribution in [0.15, 0.2) is 46.9 Å². The van der Waals surface area contributed by atoms with Crippen LogP contribution in [-0.2, 0) is 6.42 Å². The average molecular weight is 323 g/mol. The number of hydrogen-bond acceptors (Lipinski definition) is 2. The second-order valence-corrected chi connectivity index (χ2v) is 5.41. The minimum absolute atomic E-state index is 0.251. The third kappa shape index (κ3) is 3.41. The molecule has 4 heteroatoms. The molecular weight excluding hydrogens is 307 g/mol. The molecular formula is C15H16BrFN2. The second kappa shape index (κ2) is 6.28. The summed E-state index contributed by atoms with van der Waals surface area (Å²) in [5, 5.41) is 0. The molecule has 3 N–H and O–H groups in total. The lowest BCUT2D eigenvalue weighted by molar-refractivity contribution is 0.508. The third-order valence-electron chi connectivity index (χ3n) is 3.08. The van der Waals surface area contributed by atoms with Gasteiger partial charge in [-0.1, -0.05) is 42.0 Å². The summed E-state index contributed by atoms with van der Waals surface area (Å²) in [7, 11) is 0. The van der Waals surface area contributed by atoms with Crippen molar-refractivity contribution in [2.45, 2.75) is 19.4 Å². The van der Waals surface area contributed by atoms with Gasteiger partial charge in [-0.3, -0.25) is 11.3 Å². The number of rotatable bonds is 4. The molecule has 0 aliphatic carbocycles. The largest absolute Gasteiger partial charge is 0.271 e. The van der Waals surface area contributed by atoms with Crippen molar-refractivity contribution in [3.8, 4) is 0 Å². The molecule has 2 nitrogen and oxygen atoms in total. The molecule has 0 heterocycles. The van der Waals surface area contributed by atoms with Gasteiger partial charge in [-0.25, -0.2) is 4.39 Å². The van der Waals surface area contributed by atoms with Crippen LogP contribution in [0.1, 0.15) is 22.7 Å². The van der Waals surface area contributed by atoms with Crippen molar-refractivity contribution in [1.29, 1.82) is 0 Å². The van der Waals surface area contributed by atoms with E-state index < -0.39 is 0 Å². The Morgan fingerprint density at radius 3 is 2.68 bits per heavy atom. The van der Waals surface area contributed by atoms with Crippen LogP contribution in [0, 0.1) is 12.7 Å². The maximum Gasteiger partial charge on any atom is 0.142 e. The van der Waals surface area contributed by atoms with Crippen LogP contribution in [0.3, 0.4) is 0 Å². The molecule has 100 valence electrons. The van der Waals surface area contributed by atoms with E-state index in [0.29, 0.717) is 16.5 Å². The molecule has 1 atom stereocenters. The first-order chi connectivity index (χ1) is 9.11. The molecule has 1 unspecified atom stereocenters. The van der Waals surface area contributed by atoms with Crippen LogP contribution >= 0.6 is 15.9 Å². The summed E-state index contributed by atoms with van der Waals surface area (Å²) < 4.78 is 14.5. The topological polar surface area (TPSA) is 38.0 Å². The molecule has 0 aromatic heterocycles. The van der Waals surface area contributed by atoms with Crippen molar-refractivity contribution in [2.75, 3.05) is 0 Å². The number of aryl methyl sites for hydroxylation is 1. The van der Waals surface area contributed by atoms with Crippen molar-refractivity contribution in [1.82, 2.24) is 5.43 Å². The summed E-state index contributed by atoms with van der Waals surface area (Å²) in [5.74, 6) is 5.31.